The highest BCUT2D eigenvalue weighted by Gasteiger charge is 2.20. The van der Waals surface area contributed by atoms with Crippen LogP contribution in [0.3, 0.4) is 0 Å². The van der Waals surface area contributed by atoms with Crippen molar-refractivity contribution in [2.75, 3.05) is 0 Å². The summed E-state index contributed by atoms with van der Waals surface area (Å²) in [5.74, 6) is 1.70. The van der Waals surface area contributed by atoms with Crippen LogP contribution in [0.2, 0.25) is 0 Å². The Morgan fingerprint density at radius 3 is 3.00 bits per heavy atom. The van der Waals surface area contributed by atoms with Gasteiger partial charge in [-0.05, 0) is 13.0 Å². The smallest absolute Gasteiger partial charge is 0.108 e. The van der Waals surface area contributed by atoms with Crippen LogP contribution in [-0.2, 0) is 4.74 Å². The molecule has 2 unspecified atom stereocenters. The van der Waals surface area contributed by atoms with Crippen LogP contribution in [0.4, 0.5) is 0 Å². The highest BCUT2D eigenvalue weighted by molar-refractivity contribution is 5.04. The molecule has 0 fully saturated rings. The summed E-state index contributed by atoms with van der Waals surface area (Å²) in [7, 11) is 0. The molecule has 1 nitrogen and oxygen atoms in total. The predicted octanol–water partition coefficient (Wildman–Crippen LogP) is 3.28. The monoisotopic (exact) mass is 166 g/mol. The van der Waals surface area contributed by atoms with Gasteiger partial charge in [0, 0.05) is 18.8 Å². The normalized spacial score (nSPS) is 25.6. The van der Waals surface area contributed by atoms with Crippen LogP contribution < -0.4 is 0 Å². The standard InChI is InChI=1S/C11H18O/c1-4-6-9(3)11-8-7-10(5-2)12-11/h4,6-7,9,11H,5,8H2,1-3H3/b6-4+. The Bertz CT molecular complexity index is 191. The van der Waals surface area contributed by atoms with Crippen molar-refractivity contribution in [3.05, 3.63) is 24.0 Å². The Kier molecular flexibility index (Phi) is 3.39. The van der Waals surface area contributed by atoms with Gasteiger partial charge >= 0.3 is 0 Å². The average molecular weight is 166 g/mol. The number of ether oxygens (including phenoxy) is 1. The van der Waals surface area contributed by atoms with Crippen molar-refractivity contribution in [2.24, 2.45) is 5.92 Å². The minimum atomic E-state index is 0.385. The van der Waals surface area contributed by atoms with Crippen LogP contribution in [0.5, 0.6) is 0 Å². The first-order valence-corrected chi connectivity index (χ1v) is 4.76. The zero-order chi connectivity index (χ0) is 8.97. The Balaban J connectivity index is 2.40. The lowest BCUT2D eigenvalue weighted by molar-refractivity contribution is 0.108. The molecular formula is C11H18O. The molecule has 68 valence electrons. The van der Waals surface area contributed by atoms with E-state index in [-0.39, 0.29) is 0 Å². The third-order valence-corrected chi connectivity index (χ3v) is 2.31. The van der Waals surface area contributed by atoms with E-state index in [1.165, 1.54) is 0 Å². The third kappa shape index (κ3) is 2.13. The molecule has 0 aromatic rings. The largest absolute Gasteiger partial charge is 0.494 e. The molecular weight excluding hydrogens is 148 g/mol. The first-order chi connectivity index (χ1) is 5.77. The first kappa shape index (κ1) is 9.37. The molecule has 1 heterocycles. The van der Waals surface area contributed by atoms with E-state index in [9.17, 15) is 0 Å². The minimum absolute atomic E-state index is 0.385. The zero-order valence-electron chi connectivity index (χ0n) is 8.21. The predicted molar refractivity (Wildman–Crippen MR) is 51.8 cm³/mol. The summed E-state index contributed by atoms with van der Waals surface area (Å²) in [4.78, 5) is 0. The van der Waals surface area contributed by atoms with Gasteiger partial charge in [0.05, 0.1) is 5.76 Å². The lowest BCUT2D eigenvalue weighted by Gasteiger charge is -2.17. The van der Waals surface area contributed by atoms with Gasteiger partial charge in [-0.1, -0.05) is 26.0 Å². The summed E-state index contributed by atoms with van der Waals surface area (Å²) < 4.78 is 5.73. The fourth-order valence-electron chi connectivity index (χ4n) is 1.52. The van der Waals surface area contributed by atoms with Crippen molar-refractivity contribution in [3.63, 3.8) is 0 Å². The molecule has 0 aromatic heterocycles. The van der Waals surface area contributed by atoms with Crippen molar-refractivity contribution in [1.29, 1.82) is 0 Å². The Morgan fingerprint density at radius 2 is 2.50 bits per heavy atom. The minimum Gasteiger partial charge on any atom is -0.494 e. The van der Waals surface area contributed by atoms with Crippen LogP contribution in [0.15, 0.2) is 24.0 Å². The maximum atomic E-state index is 5.73. The molecule has 12 heavy (non-hydrogen) atoms. The van der Waals surface area contributed by atoms with Crippen molar-refractivity contribution in [1.82, 2.24) is 0 Å². The third-order valence-electron chi connectivity index (χ3n) is 2.31. The van der Waals surface area contributed by atoms with Crippen LogP contribution in [0.25, 0.3) is 0 Å². The molecule has 1 rings (SSSR count). The molecule has 0 radical (unpaired) electrons. The summed E-state index contributed by atoms with van der Waals surface area (Å²) in [6, 6.07) is 0. The Hall–Kier alpha value is -0.720. The summed E-state index contributed by atoms with van der Waals surface area (Å²) in [6.45, 7) is 6.39. The first-order valence-electron chi connectivity index (χ1n) is 4.76. The summed E-state index contributed by atoms with van der Waals surface area (Å²) >= 11 is 0. The van der Waals surface area contributed by atoms with Crippen molar-refractivity contribution in [3.8, 4) is 0 Å². The Labute approximate surface area is 75.1 Å². The molecule has 1 aliphatic heterocycles. The van der Waals surface area contributed by atoms with Gasteiger partial charge in [-0.25, -0.2) is 0 Å². The SMILES string of the molecule is C/C=C/C(C)C1CC=C(CC)O1. The highest BCUT2D eigenvalue weighted by atomic mass is 16.5. The second-order valence-electron chi connectivity index (χ2n) is 3.30. The van der Waals surface area contributed by atoms with Gasteiger partial charge in [0.15, 0.2) is 0 Å². The maximum Gasteiger partial charge on any atom is 0.108 e. The molecule has 0 saturated carbocycles. The van der Waals surface area contributed by atoms with E-state index < -0.39 is 0 Å². The van der Waals surface area contributed by atoms with E-state index in [0.717, 1.165) is 18.6 Å². The molecule has 1 heteroatoms. The molecule has 2 atom stereocenters. The van der Waals surface area contributed by atoms with E-state index in [0.29, 0.717) is 12.0 Å². The summed E-state index contributed by atoms with van der Waals surface area (Å²) in [5.41, 5.74) is 0. The van der Waals surface area contributed by atoms with Gasteiger partial charge in [-0.3, -0.25) is 0 Å². The van der Waals surface area contributed by atoms with Gasteiger partial charge in [-0.2, -0.15) is 0 Å². The highest BCUT2D eigenvalue weighted by Crippen LogP contribution is 2.25. The molecule has 0 aliphatic carbocycles. The van der Waals surface area contributed by atoms with E-state index >= 15 is 0 Å². The average Bonchev–Trinajstić information content (AvgIpc) is 2.52. The molecule has 0 aromatic carbocycles. The van der Waals surface area contributed by atoms with Crippen LogP contribution >= 0.6 is 0 Å². The van der Waals surface area contributed by atoms with E-state index in [4.69, 9.17) is 4.74 Å². The van der Waals surface area contributed by atoms with Gasteiger partial charge in [-0.15, -0.1) is 0 Å². The van der Waals surface area contributed by atoms with Gasteiger partial charge in [0.25, 0.3) is 0 Å². The van der Waals surface area contributed by atoms with E-state index in [1.807, 2.05) is 0 Å². The topological polar surface area (TPSA) is 9.23 Å². The number of hydrogen-bond donors (Lipinski definition) is 0. The van der Waals surface area contributed by atoms with Crippen LogP contribution in [0.1, 0.15) is 33.6 Å². The number of allylic oxidation sites excluding steroid dienone is 2. The van der Waals surface area contributed by atoms with Gasteiger partial charge in [0.1, 0.15) is 6.10 Å². The fourth-order valence-corrected chi connectivity index (χ4v) is 1.52. The molecule has 0 spiro atoms. The number of hydrogen-bond acceptors (Lipinski definition) is 1. The van der Waals surface area contributed by atoms with Crippen LogP contribution in [-0.4, -0.2) is 6.10 Å². The lowest BCUT2D eigenvalue weighted by Crippen LogP contribution is -2.14. The molecule has 0 N–H and O–H groups in total. The van der Waals surface area contributed by atoms with Gasteiger partial charge in [0.2, 0.25) is 0 Å². The van der Waals surface area contributed by atoms with Crippen molar-refractivity contribution < 1.29 is 4.74 Å². The second-order valence-corrected chi connectivity index (χ2v) is 3.30. The molecule has 0 amide bonds. The van der Waals surface area contributed by atoms with Crippen LogP contribution in [0, 0.1) is 5.92 Å². The molecule has 1 aliphatic rings. The zero-order valence-corrected chi connectivity index (χ0v) is 8.21. The quantitative estimate of drug-likeness (QED) is 0.585. The van der Waals surface area contributed by atoms with Gasteiger partial charge < -0.3 is 4.74 Å². The van der Waals surface area contributed by atoms with Crippen molar-refractivity contribution in [2.45, 2.75) is 39.7 Å². The molecule has 0 bridgehead atoms. The summed E-state index contributed by atoms with van der Waals surface area (Å²) in [6.07, 6.45) is 9.00. The van der Waals surface area contributed by atoms with Crippen molar-refractivity contribution >= 4 is 0 Å². The second kappa shape index (κ2) is 4.34. The maximum absolute atomic E-state index is 5.73. The fraction of sp³-hybridized carbons (Fsp3) is 0.636. The Morgan fingerprint density at radius 1 is 1.75 bits per heavy atom. The summed E-state index contributed by atoms with van der Waals surface area (Å²) in [5, 5.41) is 0. The van der Waals surface area contributed by atoms with E-state index in [2.05, 4.69) is 39.0 Å². The molecule has 0 saturated heterocycles. The number of rotatable bonds is 3. The van der Waals surface area contributed by atoms with E-state index in [1.54, 1.807) is 0 Å². The lowest BCUT2D eigenvalue weighted by atomic mass is 10.0.